The molecule has 1 fully saturated rings. The SMILES string of the molecule is Cc1cnccc1CN1CCC[C@@H]1c1cccc(C(=O)Nc2cnccn2)n1. The van der Waals surface area contributed by atoms with Gasteiger partial charge < -0.3 is 5.32 Å². The van der Waals surface area contributed by atoms with E-state index in [2.05, 4.69) is 43.1 Å². The predicted molar refractivity (Wildman–Crippen MR) is 106 cm³/mol. The molecule has 142 valence electrons. The first-order chi connectivity index (χ1) is 13.7. The van der Waals surface area contributed by atoms with Crippen LogP contribution in [0.4, 0.5) is 5.82 Å². The number of nitrogens with zero attached hydrogens (tertiary/aromatic N) is 5. The minimum absolute atomic E-state index is 0.205. The van der Waals surface area contributed by atoms with Gasteiger partial charge in [0.05, 0.1) is 17.9 Å². The van der Waals surface area contributed by atoms with Gasteiger partial charge in [-0.1, -0.05) is 6.07 Å². The van der Waals surface area contributed by atoms with E-state index in [1.54, 1.807) is 12.3 Å². The normalized spacial score (nSPS) is 16.8. The van der Waals surface area contributed by atoms with Crippen LogP contribution in [0.1, 0.15) is 46.2 Å². The zero-order valence-corrected chi connectivity index (χ0v) is 15.7. The maximum atomic E-state index is 12.5. The number of carbonyl (C=O) groups excluding carboxylic acids is 1. The quantitative estimate of drug-likeness (QED) is 0.738. The maximum Gasteiger partial charge on any atom is 0.275 e. The van der Waals surface area contributed by atoms with Crippen molar-refractivity contribution in [3.05, 3.63) is 77.8 Å². The number of aryl methyl sites for hydroxylation is 1. The Morgan fingerprint density at radius 2 is 2.07 bits per heavy atom. The van der Waals surface area contributed by atoms with Crippen LogP contribution in [0, 0.1) is 6.92 Å². The van der Waals surface area contributed by atoms with Crippen LogP contribution < -0.4 is 5.32 Å². The first-order valence-electron chi connectivity index (χ1n) is 9.38. The van der Waals surface area contributed by atoms with Crippen LogP contribution in [-0.4, -0.2) is 37.3 Å². The summed E-state index contributed by atoms with van der Waals surface area (Å²) in [4.78, 5) is 31.8. The van der Waals surface area contributed by atoms with Crippen LogP contribution in [0.25, 0.3) is 0 Å². The zero-order chi connectivity index (χ0) is 19.3. The summed E-state index contributed by atoms with van der Waals surface area (Å²) in [7, 11) is 0. The Kier molecular flexibility index (Phi) is 5.34. The molecule has 1 amide bonds. The third-order valence-corrected chi connectivity index (χ3v) is 5.02. The Hall–Kier alpha value is -3.19. The standard InChI is InChI=1S/C21H22N6O/c1-15-12-22-8-7-16(15)14-27-11-3-6-19(27)17-4-2-5-18(25-17)21(28)26-20-13-23-9-10-24-20/h2,4-5,7-10,12-13,19H,3,6,11,14H2,1H3,(H,24,26,28)/t19-/m1/s1. The van der Waals surface area contributed by atoms with E-state index in [1.165, 1.54) is 23.5 Å². The van der Waals surface area contributed by atoms with Crippen molar-refractivity contribution in [1.29, 1.82) is 0 Å². The number of amides is 1. The first kappa shape index (κ1) is 18.2. The fourth-order valence-electron chi connectivity index (χ4n) is 3.56. The van der Waals surface area contributed by atoms with Gasteiger partial charge in [0.25, 0.3) is 5.91 Å². The molecule has 28 heavy (non-hydrogen) atoms. The van der Waals surface area contributed by atoms with Crippen molar-refractivity contribution < 1.29 is 4.79 Å². The second-order valence-electron chi connectivity index (χ2n) is 6.92. The molecule has 7 nitrogen and oxygen atoms in total. The smallest absolute Gasteiger partial charge is 0.275 e. The van der Waals surface area contributed by atoms with Crippen molar-refractivity contribution in [1.82, 2.24) is 24.8 Å². The minimum Gasteiger partial charge on any atom is -0.304 e. The van der Waals surface area contributed by atoms with Crippen LogP contribution in [0.3, 0.4) is 0 Å². The lowest BCUT2D eigenvalue weighted by Gasteiger charge is -2.25. The van der Waals surface area contributed by atoms with Crippen LogP contribution in [0.5, 0.6) is 0 Å². The second-order valence-corrected chi connectivity index (χ2v) is 6.92. The topological polar surface area (TPSA) is 83.9 Å². The summed E-state index contributed by atoms with van der Waals surface area (Å²) in [6, 6.07) is 7.89. The molecule has 0 aromatic carbocycles. The van der Waals surface area contributed by atoms with E-state index >= 15 is 0 Å². The highest BCUT2D eigenvalue weighted by Crippen LogP contribution is 2.32. The lowest BCUT2D eigenvalue weighted by Crippen LogP contribution is -2.25. The summed E-state index contributed by atoms with van der Waals surface area (Å²) in [5.74, 6) is 0.132. The van der Waals surface area contributed by atoms with E-state index in [1.807, 2.05) is 24.5 Å². The number of rotatable bonds is 5. The highest BCUT2D eigenvalue weighted by molar-refractivity contribution is 6.02. The van der Waals surface area contributed by atoms with Crippen LogP contribution in [0.15, 0.2) is 55.2 Å². The molecule has 7 heteroatoms. The number of carbonyl (C=O) groups is 1. The fraction of sp³-hybridized carbons (Fsp3) is 0.286. The van der Waals surface area contributed by atoms with Crippen LogP contribution in [-0.2, 0) is 6.54 Å². The molecule has 0 aliphatic carbocycles. The number of hydrogen-bond acceptors (Lipinski definition) is 6. The third-order valence-electron chi connectivity index (χ3n) is 5.02. The molecule has 4 rings (SSSR count). The summed E-state index contributed by atoms with van der Waals surface area (Å²) in [5, 5.41) is 2.74. The molecule has 1 aliphatic rings. The van der Waals surface area contributed by atoms with Gasteiger partial charge in [0, 0.05) is 31.3 Å². The van der Waals surface area contributed by atoms with Gasteiger partial charge in [-0.3, -0.25) is 19.7 Å². The van der Waals surface area contributed by atoms with Crippen molar-refractivity contribution in [3.63, 3.8) is 0 Å². The predicted octanol–water partition coefficient (Wildman–Crippen LogP) is 3.16. The average Bonchev–Trinajstić information content (AvgIpc) is 3.19. The second kappa shape index (κ2) is 8.22. The van der Waals surface area contributed by atoms with Gasteiger partial charge in [-0.05, 0) is 55.6 Å². The number of likely N-dealkylation sites (tertiary alicyclic amines) is 1. The van der Waals surface area contributed by atoms with Crippen molar-refractivity contribution in [3.8, 4) is 0 Å². The van der Waals surface area contributed by atoms with E-state index in [0.29, 0.717) is 11.5 Å². The van der Waals surface area contributed by atoms with Gasteiger partial charge in [0.1, 0.15) is 5.69 Å². The summed E-state index contributed by atoms with van der Waals surface area (Å²) < 4.78 is 0. The molecule has 4 heterocycles. The van der Waals surface area contributed by atoms with E-state index in [9.17, 15) is 4.79 Å². The Morgan fingerprint density at radius 1 is 1.18 bits per heavy atom. The zero-order valence-electron chi connectivity index (χ0n) is 15.7. The molecule has 3 aromatic heterocycles. The van der Waals surface area contributed by atoms with Gasteiger partial charge in [-0.25, -0.2) is 9.97 Å². The van der Waals surface area contributed by atoms with Gasteiger partial charge in [0.15, 0.2) is 5.82 Å². The number of anilines is 1. The summed E-state index contributed by atoms with van der Waals surface area (Å²) in [6.07, 6.45) is 10.5. The van der Waals surface area contributed by atoms with Crippen molar-refractivity contribution >= 4 is 11.7 Å². The molecule has 1 atom stereocenters. The Labute approximate surface area is 163 Å². The fourth-order valence-corrected chi connectivity index (χ4v) is 3.56. The summed E-state index contributed by atoms with van der Waals surface area (Å²) in [6.45, 7) is 3.96. The van der Waals surface area contributed by atoms with Crippen molar-refractivity contribution in [2.45, 2.75) is 32.4 Å². The van der Waals surface area contributed by atoms with E-state index in [4.69, 9.17) is 0 Å². The van der Waals surface area contributed by atoms with Crippen LogP contribution in [0.2, 0.25) is 0 Å². The lowest BCUT2D eigenvalue weighted by atomic mass is 10.1. The summed E-state index contributed by atoms with van der Waals surface area (Å²) in [5.41, 5.74) is 3.78. The molecule has 3 aromatic rings. The van der Waals surface area contributed by atoms with Gasteiger partial charge in [-0.2, -0.15) is 0 Å². The highest BCUT2D eigenvalue weighted by Gasteiger charge is 2.28. The third kappa shape index (κ3) is 4.04. The number of hydrogen-bond donors (Lipinski definition) is 1. The molecule has 1 saturated heterocycles. The van der Waals surface area contributed by atoms with Crippen LogP contribution >= 0.6 is 0 Å². The molecule has 0 saturated carbocycles. The molecule has 0 spiro atoms. The molecule has 0 radical (unpaired) electrons. The Balaban J connectivity index is 1.51. The van der Waals surface area contributed by atoms with E-state index in [-0.39, 0.29) is 11.9 Å². The maximum absolute atomic E-state index is 12.5. The van der Waals surface area contributed by atoms with E-state index in [0.717, 1.165) is 31.6 Å². The first-order valence-corrected chi connectivity index (χ1v) is 9.38. The minimum atomic E-state index is -0.281. The average molecular weight is 374 g/mol. The van der Waals surface area contributed by atoms with Crippen molar-refractivity contribution in [2.75, 3.05) is 11.9 Å². The monoisotopic (exact) mass is 374 g/mol. The molecule has 0 unspecified atom stereocenters. The molecule has 1 N–H and O–H groups in total. The van der Waals surface area contributed by atoms with Crippen molar-refractivity contribution in [2.24, 2.45) is 0 Å². The number of aromatic nitrogens is 4. The summed E-state index contributed by atoms with van der Waals surface area (Å²) >= 11 is 0. The molecular formula is C21H22N6O. The molecule has 0 bridgehead atoms. The van der Waals surface area contributed by atoms with Gasteiger partial charge in [0.2, 0.25) is 0 Å². The van der Waals surface area contributed by atoms with Gasteiger partial charge in [-0.15, -0.1) is 0 Å². The number of pyridine rings is 2. The molecule has 1 aliphatic heterocycles. The largest absolute Gasteiger partial charge is 0.304 e. The Bertz CT molecular complexity index is 962. The Morgan fingerprint density at radius 3 is 2.89 bits per heavy atom. The van der Waals surface area contributed by atoms with E-state index < -0.39 is 0 Å². The lowest BCUT2D eigenvalue weighted by molar-refractivity contribution is 0.102. The number of nitrogens with one attached hydrogen (secondary N) is 1. The van der Waals surface area contributed by atoms with Gasteiger partial charge >= 0.3 is 0 Å². The molecular weight excluding hydrogens is 352 g/mol. The highest BCUT2D eigenvalue weighted by atomic mass is 16.1.